The van der Waals surface area contributed by atoms with E-state index in [0.717, 1.165) is 0 Å². The van der Waals surface area contributed by atoms with Gasteiger partial charge >= 0.3 is 48.3 Å². The second-order valence-corrected chi connectivity index (χ2v) is 1.36. The van der Waals surface area contributed by atoms with E-state index in [1.807, 2.05) is 0 Å². The van der Waals surface area contributed by atoms with E-state index in [1.54, 1.807) is 0 Å². The average Bonchev–Trinajstić information content (AvgIpc) is 1.61. The molecular formula is C5H9Li. The number of rotatable bonds is 2. The third-order valence-corrected chi connectivity index (χ3v) is 0.691. The summed E-state index contributed by atoms with van der Waals surface area (Å²) >= 11 is 2.18. The zero-order valence-corrected chi connectivity index (χ0v) is 4.57. The van der Waals surface area contributed by atoms with Crippen LogP contribution in [-0.2, 0) is 0 Å². The van der Waals surface area contributed by atoms with E-state index in [9.17, 15) is 0 Å². The van der Waals surface area contributed by atoms with E-state index >= 15 is 0 Å². The molecule has 1 heteroatoms. The minimum absolute atomic E-state index is 1.23. The number of allylic oxidation sites excluding steroid dienone is 2. The van der Waals surface area contributed by atoms with Gasteiger partial charge in [-0.3, -0.25) is 0 Å². The summed E-state index contributed by atoms with van der Waals surface area (Å²) in [4.78, 5) is 0. The van der Waals surface area contributed by atoms with Gasteiger partial charge in [0, 0.05) is 0 Å². The van der Waals surface area contributed by atoms with Gasteiger partial charge in [-0.2, -0.15) is 0 Å². The van der Waals surface area contributed by atoms with Crippen molar-refractivity contribution < 1.29 is 0 Å². The van der Waals surface area contributed by atoms with Crippen LogP contribution in [0.3, 0.4) is 0 Å². The predicted molar refractivity (Wildman–Crippen MR) is 30.0 cm³/mol. The van der Waals surface area contributed by atoms with Gasteiger partial charge in [0.25, 0.3) is 0 Å². The summed E-state index contributed by atoms with van der Waals surface area (Å²) in [5, 5.41) is 1.27. The first-order valence-electron chi connectivity index (χ1n) is 2.53. The molecule has 0 fully saturated rings. The molecular weight excluding hydrogens is 67.0 g/mol. The number of hydrogen-bond donors (Lipinski definition) is 0. The van der Waals surface area contributed by atoms with E-state index in [2.05, 4.69) is 36.8 Å². The second-order valence-electron chi connectivity index (χ2n) is 1.36. The molecule has 0 rings (SSSR count). The molecule has 0 aliphatic carbocycles. The molecule has 0 saturated heterocycles. The Labute approximate surface area is 48.8 Å². The van der Waals surface area contributed by atoms with Crippen molar-refractivity contribution in [3.63, 3.8) is 0 Å². The Morgan fingerprint density at radius 2 is 2.33 bits per heavy atom. The molecule has 0 aliphatic rings. The zero-order valence-electron chi connectivity index (χ0n) is 4.57. The summed E-state index contributed by atoms with van der Waals surface area (Å²) in [7, 11) is 0. The van der Waals surface area contributed by atoms with Crippen molar-refractivity contribution in [3.05, 3.63) is 12.2 Å². The van der Waals surface area contributed by atoms with Crippen LogP contribution < -0.4 is 0 Å². The van der Waals surface area contributed by atoms with Crippen molar-refractivity contribution in [1.29, 1.82) is 0 Å². The molecule has 0 aromatic carbocycles. The van der Waals surface area contributed by atoms with Crippen LogP contribution in [0.25, 0.3) is 0 Å². The SMILES string of the molecule is [Li][CH2]CC=CC. The van der Waals surface area contributed by atoms with E-state index in [-0.39, 0.29) is 0 Å². The monoisotopic (exact) mass is 76.1 g/mol. The van der Waals surface area contributed by atoms with E-state index in [4.69, 9.17) is 0 Å². The van der Waals surface area contributed by atoms with Crippen molar-refractivity contribution in [1.82, 2.24) is 0 Å². The van der Waals surface area contributed by atoms with Gasteiger partial charge in [-0.25, -0.2) is 0 Å². The van der Waals surface area contributed by atoms with Crippen molar-refractivity contribution >= 4 is 17.7 Å². The maximum absolute atomic E-state index is 2.18. The summed E-state index contributed by atoms with van der Waals surface area (Å²) in [6, 6.07) is 0. The quantitative estimate of drug-likeness (QED) is 0.345. The van der Waals surface area contributed by atoms with Gasteiger partial charge in [-0.1, -0.05) is 0 Å². The molecule has 0 saturated carbocycles. The van der Waals surface area contributed by atoms with Gasteiger partial charge in [0.15, 0.2) is 0 Å². The fourth-order valence-electron chi connectivity index (χ4n) is 0.333. The third kappa shape index (κ3) is 4.34. The molecule has 0 aromatic rings. The first-order chi connectivity index (χ1) is 2.91. The van der Waals surface area contributed by atoms with Gasteiger partial charge < -0.3 is 0 Å². The Balaban J connectivity index is 2.66. The fourth-order valence-corrected chi connectivity index (χ4v) is 0.333. The summed E-state index contributed by atoms with van der Waals surface area (Å²) in [5.41, 5.74) is 0. The van der Waals surface area contributed by atoms with Crippen LogP contribution in [0.1, 0.15) is 13.3 Å². The van der Waals surface area contributed by atoms with Crippen LogP contribution in [-0.4, -0.2) is 17.7 Å². The van der Waals surface area contributed by atoms with Crippen molar-refractivity contribution in [2.45, 2.75) is 18.4 Å². The molecule has 6 heavy (non-hydrogen) atoms. The molecule has 0 radical (unpaired) electrons. The maximum atomic E-state index is 2.18. The van der Waals surface area contributed by atoms with E-state index in [1.165, 1.54) is 11.5 Å². The van der Waals surface area contributed by atoms with Gasteiger partial charge in [-0.15, -0.1) is 0 Å². The van der Waals surface area contributed by atoms with E-state index < -0.39 is 0 Å². The van der Waals surface area contributed by atoms with Crippen LogP contribution in [0.4, 0.5) is 0 Å². The Hall–Kier alpha value is 0.337. The molecule has 0 N–H and O–H groups in total. The molecule has 0 bridgehead atoms. The molecule has 0 heterocycles. The summed E-state index contributed by atoms with van der Waals surface area (Å²) in [6.45, 7) is 2.05. The minimum atomic E-state index is 1.23. The molecule has 0 atom stereocenters. The number of hydrogen-bond acceptors (Lipinski definition) is 0. The molecule has 0 aliphatic heterocycles. The van der Waals surface area contributed by atoms with Crippen LogP contribution in [0.15, 0.2) is 12.2 Å². The van der Waals surface area contributed by atoms with E-state index in [0.29, 0.717) is 0 Å². The van der Waals surface area contributed by atoms with Gasteiger partial charge in [0.2, 0.25) is 0 Å². The van der Waals surface area contributed by atoms with Gasteiger partial charge in [0.1, 0.15) is 0 Å². The molecule has 0 spiro atoms. The van der Waals surface area contributed by atoms with Crippen molar-refractivity contribution in [2.24, 2.45) is 0 Å². The first-order valence-corrected chi connectivity index (χ1v) is 2.53. The second kappa shape index (κ2) is 5.34. The molecule has 0 unspecified atom stereocenters. The fraction of sp³-hybridized carbons (Fsp3) is 0.600. The third-order valence-electron chi connectivity index (χ3n) is 0.691. The Morgan fingerprint density at radius 3 is 2.50 bits per heavy atom. The summed E-state index contributed by atoms with van der Waals surface area (Å²) in [5.74, 6) is 0. The van der Waals surface area contributed by atoms with Crippen LogP contribution >= 0.6 is 0 Å². The van der Waals surface area contributed by atoms with Crippen LogP contribution in [0.5, 0.6) is 0 Å². The molecule has 0 amide bonds. The van der Waals surface area contributed by atoms with Gasteiger partial charge in [-0.05, 0) is 0 Å². The summed E-state index contributed by atoms with van der Waals surface area (Å²) in [6.07, 6.45) is 5.50. The van der Waals surface area contributed by atoms with Crippen LogP contribution in [0, 0.1) is 0 Å². The Morgan fingerprint density at radius 1 is 1.67 bits per heavy atom. The summed E-state index contributed by atoms with van der Waals surface area (Å²) < 4.78 is 0. The van der Waals surface area contributed by atoms with Gasteiger partial charge in [0.05, 0.1) is 0 Å². The van der Waals surface area contributed by atoms with Crippen LogP contribution in [0.2, 0.25) is 5.09 Å². The van der Waals surface area contributed by atoms with Crippen molar-refractivity contribution in [2.75, 3.05) is 0 Å². The van der Waals surface area contributed by atoms with Crippen molar-refractivity contribution in [3.8, 4) is 0 Å². The Kier molecular flexibility index (Phi) is 5.64. The zero-order chi connectivity index (χ0) is 4.83. The first kappa shape index (κ1) is 6.34. The molecule has 0 nitrogen and oxygen atoms in total. The normalized spacial score (nSPS) is 10.5. The molecule has 30 valence electrons. The average molecular weight is 76.1 g/mol. The predicted octanol–water partition coefficient (Wildman–Crippen LogP) is 1.54. The topological polar surface area (TPSA) is 0 Å². The molecule has 0 aromatic heterocycles. The standard InChI is InChI=1S/C5H9.Li/c1-3-5-4-2;/h4-5H,1,3H2,2H3;. The Bertz CT molecular complexity index is 39.2.